The van der Waals surface area contributed by atoms with Crippen molar-refractivity contribution in [1.82, 2.24) is 5.32 Å². The molecule has 0 aromatic heterocycles. The van der Waals surface area contributed by atoms with Gasteiger partial charge in [-0.1, -0.05) is 31.0 Å². The molecule has 4 atom stereocenters. The molecule has 0 saturated heterocycles. The largest absolute Gasteiger partial charge is 0.496 e. The van der Waals surface area contributed by atoms with Crippen molar-refractivity contribution in [1.29, 1.82) is 0 Å². The molecule has 0 aliphatic heterocycles. The summed E-state index contributed by atoms with van der Waals surface area (Å²) in [5, 5.41) is 3.30. The Labute approximate surface area is 162 Å². The van der Waals surface area contributed by atoms with Crippen LogP contribution >= 0.6 is 12.4 Å². The highest BCUT2D eigenvalue weighted by atomic mass is 35.5. The number of nitrogens with two attached hydrogens (primary N) is 1. The number of para-hydroxylation sites is 1. The van der Waals surface area contributed by atoms with E-state index in [1.807, 2.05) is 12.1 Å². The number of rotatable bonds is 5. The third kappa shape index (κ3) is 3.22. The quantitative estimate of drug-likeness (QED) is 0.825. The first-order valence-electron chi connectivity index (χ1n) is 9.81. The van der Waals surface area contributed by atoms with Gasteiger partial charge in [-0.15, -0.1) is 12.4 Å². The van der Waals surface area contributed by atoms with Crippen LogP contribution in [0, 0.1) is 17.8 Å². The van der Waals surface area contributed by atoms with E-state index in [1.165, 1.54) is 31.2 Å². The summed E-state index contributed by atoms with van der Waals surface area (Å²) in [5.41, 5.74) is 7.60. The molecule has 1 amide bonds. The number of benzene rings is 1. The number of fused-ring (bicyclic) bond motifs is 2. The summed E-state index contributed by atoms with van der Waals surface area (Å²) in [6, 6.07) is 8.34. The van der Waals surface area contributed by atoms with E-state index in [4.69, 9.17) is 10.5 Å². The molecule has 3 aliphatic rings. The standard InChI is InChI=1S/C21H30N2O2.ClH/c1-25-17-7-3-2-6-16(17)21(10-4-5-11-21)13-23-20(24)18-14-8-9-15(12-14)19(18)22;/h2-3,6-7,14-15,18-19H,4-5,8-13,22H2,1H3,(H,23,24);1H. The second-order valence-electron chi connectivity index (χ2n) is 8.34. The van der Waals surface area contributed by atoms with Gasteiger partial charge in [-0.25, -0.2) is 0 Å². The van der Waals surface area contributed by atoms with Crippen molar-refractivity contribution >= 4 is 18.3 Å². The number of ether oxygens (including phenoxy) is 1. The van der Waals surface area contributed by atoms with Crippen molar-refractivity contribution in [3.63, 3.8) is 0 Å². The number of methoxy groups -OCH3 is 1. The summed E-state index contributed by atoms with van der Waals surface area (Å²) in [6.45, 7) is 0.701. The van der Waals surface area contributed by atoms with E-state index >= 15 is 0 Å². The van der Waals surface area contributed by atoms with E-state index in [9.17, 15) is 4.79 Å². The van der Waals surface area contributed by atoms with Crippen LogP contribution in [0.1, 0.15) is 50.5 Å². The second-order valence-corrected chi connectivity index (χ2v) is 8.34. The average molecular weight is 379 g/mol. The zero-order valence-electron chi connectivity index (χ0n) is 15.6. The van der Waals surface area contributed by atoms with Gasteiger partial charge in [-0.2, -0.15) is 0 Å². The number of hydrogen-bond acceptors (Lipinski definition) is 3. The summed E-state index contributed by atoms with van der Waals surface area (Å²) in [4.78, 5) is 12.9. The summed E-state index contributed by atoms with van der Waals surface area (Å²) in [7, 11) is 1.73. The molecular formula is C21H31ClN2O2. The van der Waals surface area contributed by atoms with Crippen LogP contribution in [0.2, 0.25) is 0 Å². The molecular weight excluding hydrogens is 348 g/mol. The first-order chi connectivity index (χ1) is 12.1. The third-order valence-electron chi connectivity index (χ3n) is 7.12. The Balaban J connectivity index is 0.00000196. The number of halogens is 1. The maximum Gasteiger partial charge on any atom is 0.224 e. The maximum absolute atomic E-state index is 12.9. The van der Waals surface area contributed by atoms with Crippen LogP contribution in [0.5, 0.6) is 5.75 Å². The van der Waals surface area contributed by atoms with Crippen LogP contribution < -0.4 is 15.8 Å². The Kier molecular flexibility index (Phi) is 5.83. The van der Waals surface area contributed by atoms with Crippen LogP contribution in [0.4, 0.5) is 0 Å². The highest BCUT2D eigenvalue weighted by molar-refractivity contribution is 5.85. The topological polar surface area (TPSA) is 64.3 Å². The van der Waals surface area contributed by atoms with E-state index < -0.39 is 0 Å². The van der Waals surface area contributed by atoms with Crippen LogP contribution in [0.3, 0.4) is 0 Å². The molecule has 0 spiro atoms. The zero-order valence-corrected chi connectivity index (χ0v) is 16.4. The normalized spacial score (nSPS) is 31.5. The molecule has 1 aromatic carbocycles. The van der Waals surface area contributed by atoms with Crippen molar-refractivity contribution in [3.8, 4) is 5.75 Å². The van der Waals surface area contributed by atoms with Gasteiger partial charge in [-0.05, 0) is 50.0 Å². The molecule has 3 N–H and O–H groups in total. The summed E-state index contributed by atoms with van der Waals surface area (Å²) in [5.74, 6) is 2.22. The van der Waals surface area contributed by atoms with Gasteiger partial charge in [0.25, 0.3) is 0 Å². The third-order valence-corrected chi connectivity index (χ3v) is 7.12. The van der Waals surface area contributed by atoms with E-state index in [2.05, 4.69) is 17.4 Å². The summed E-state index contributed by atoms with van der Waals surface area (Å²) >= 11 is 0. The predicted molar refractivity (Wildman–Crippen MR) is 106 cm³/mol. The Hall–Kier alpha value is -1.26. The number of nitrogens with one attached hydrogen (secondary N) is 1. The molecule has 144 valence electrons. The average Bonchev–Trinajstić information content (AvgIpc) is 3.36. The van der Waals surface area contributed by atoms with Gasteiger partial charge in [0, 0.05) is 23.6 Å². The molecule has 0 radical (unpaired) electrons. The lowest BCUT2D eigenvalue weighted by Gasteiger charge is -2.33. The fraction of sp³-hybridized carbons (Fsp3) is 0.667. The van der Waals surface area contributed by atoms with Gasteiger partial charge in [0.2, 0.25) is 5.91 Å². The van der Waals surface area contributed by atoms with Gasteiger partial charge >= 0.3 is 0 Å². The Morgan fingerprint density at radius 3 is 2.58 bits per heavy atom. The predicted octanol–water partition coefficient (Wildman–Crippen LogP) is 3.42. The fourth-order valence-electron chi connectivity index (χ4n) is 5.77. The minimum absolute atomic E-state index is 0. The van der Waals surface area contributed by atoms with Gasteiger partial charge in [0.05, 0.1) is 13.0 Å². The number of hydrogen-bond donors (Lipinski definition) is 2. The van der Waals surface area contributed by atoms with E-state index in [0.29, 0.717) is 18.4 Å². The van der Waals surface area contributed by atoms with Crippen molar-refractivity contribution in [3.05, 3.63) is 29.8 Å². The lowest BCUT2D eigenvalue weighted by molar-refractivity contribution is -0.127. The summed E-state index contributed by atoms with van der Waals surface area (Å²) in [6.07, 6.45) is 8.17. The molecule has 1 aromatic rings. The van der Waals surface area contributed by atoms with Gasteiger partial charge in [-0.3, -0.25) is 4.79 Å². The molecule has 2 bridgehead atoms. The molecule has 4 unspecified atom stereocenters. The SMILES string of the molecule is COc1ccccc1C1(CNC(=O)C2C3CCC(C3)C2N)CCCC1.Cl. The minimum Gasteiger partial charge on any atom is -0.496 e. The number of amides is 1. The van der Waals surface area contributed by atoms with Crippen LogP contribution in [0.25, 0.3) is 0 Å². The van der Waals surface area contributed by atoms with E-state index in [0.717, 1.165) is 25.0 Å². The van der Waals surface area contributed by atoms with E-state index in [-0.39, 0.29) is 35.7 Å². The molecule has 3 fully saturated rings. The zero-order chi connectivity index (χ0) is 17.4. The van der Waals surface area contributed by atoms with Crippen molar-refractivity contribution in [2.75, 3.05) is 13.7 Å². The molecule has 4 nitrogen and oxygen atoms in total. The fourth-order valence-corrected chi connectivity index (χ4v) is 5.77. The Morgan fingerprint density at radius 1 is 1.23 bits per heavy atom. The highest BCUT2D eigenvalue weighted by Gasteiger charge is 2.49. The Morgan fingerprint density at radius 2 is 1.92 bits per heavy atom. The molecule has 3 saturated carbocycles. The van der Waals surface area contributed by atoms with Crippen molar-refractivity contribution < 1.29 is 9.53 Å². The highest BCUT2D eigenvalue weighted by Crippen LogP contribution is 2.48. The second kappa shape index (κ2) is 7.77. The van der Waals surface area contributed by atoms with Gasteiger partial charge in [0.15, 0.2) is 0 Å². The van der Waals surface area contributed by atoms with Crippen molar-refractivity contribution in [2.45, 2.75) is 56.4 Å². The summed E-state index contributed by atoms with van der Waals surface area (Å²) < 4.78 is 5.61. The van der Waals surface area contributed by atoms with E-state index in [1.54, 1.807) is 7.11 Å². The lowest BCUT2D eigenvalue weighted by atomic mass is 9.77. The number of carbonyl (C=O) groups is 1. The monoisotopic (exact) mass is 378 g/mol. The maximum atomic E-state index is 12.9. The van der Waals surface area contributed by atoms with Gasteiger partial charge in [0.1, 0.15) is 5.75 Å². The molecule has 3 aliphatic carbocycles. The first kappa shape index (κ1) is 19.5. The molecule has 4 rings (SSSR count). The van der Waals surface area contributed by atoms with Gasteiger partial charge < -0.3 is 15.8 Å². The van der Waals surface area contributed by atoms with Crippen molar-refractivity contribution in [2.24, 2.45) is 23.5 Å². The lowest BCUT2D eigenvalue weighted by Crippen LogP contribution is -2.48. The molecule has 26 heavy (non-hydrogen) atoms. The van der Waals surface area contributed by atoms with Crippen LogP contribution in [0.15, 0.2) is 24.3 Å². The number of carbonyl (C=O) groups excluding carboxylic acids is 1. The first-order valence-corrected chi connectivity index (χ1v) is 9.81. The Bertz CT molecular complexity index is 643. The van der Waals surface area contributed by atoms with Crippen LogP contribution in [-0.4, -0.2) is 25.6 Å². The molecule has 0 heterocycles. The van der Waals surface area contributed by atoms with Crippen LogP contribution in [-0.2, 0) is 10.2 Å². The smallest absolute Gasteiger partial charge is 0.224 e. The molecule has 5 heteroatoms. The minimum atomic E-state index is 0.